The number of sulfone groups is 1. The highest BCUT2D eigenvalue weighted by atomic mass is 32.2. The summed E-state index contributed by atoms with van der Waals surface area (Å²) in [6.45, 7) is 1.99. The van der Waals surface area contributed by atoms with E-state index >= 15 is 0 Å². The Labute approximate surface area is 171 Å². The van der Waals surface area contributed by atoms with Crippen LogP contribution in [0.4, 0.5) is 0 Å². The Bertz CT molecular complexity index is 1180. The quantitative estimate of drug-likeness (QED) is 0.593. The number of nitrogens with one attached hydrogen (secondary N) is 1. The van der Waals surface area contributed by atoms with Crippen molar-refractivity contribution >= 4 is 19.9 Å². The normalized spacial score (nSPS) is 12.0. The Morgan fingerprint density at radius 3 is 2.24 bits per heavy atom. The SMILES string of the molecule is CCc1ccc(S(=O)(=O)c2ccccc2)cc1S(=O)(=O)NCCc1ccccn1. The minimum Gasteiger partial charge on any atom is -0.261 e. The Balaban J connectivity index is 1.90. The van der Waals surface area contributed by atoms with Crippen LogP contribution in [0, 0.1) is 0 Å². The van der Waals surface area contributed by atoms with Gasteiger partial charge in [-0.3, -0.25) is 4.98 Å². The van der Waals surface area contributed by atoms with E-state index in [-0.39, 0.29) is 21.2 Å². The molecule has 0 aliphatic carbocycles. The fourth-order valence-corrected chi connectivity index (χ4v) is 5.67. The van der Waals surface area contributed by atoms with Gasteiger partial charge in [0.1, 0.15) is 0 Å². The van der Waals surface area contributed by atoms with E-state index in [1.165, 1.54) is 24.3 Å². The average Bonchev–Trinajstić information content (AvgIpc) is 2.74. The van der Waals surface area contributed by atoms with Gasteiger partial charge in [0.05, 0.1) is 14.7 Å². The number of rotatable bonds is 8. The van der Waals surface area contributed by atoms with Gasteiger partial charge in [-0.05, 0) is 48.4 Å². The van der Waals surface area contributed by atoms with Crippen LogP contribution in [0.1, 0.15) is 18.2 Å². The minimum absolute atomic E-state index is 0.0157. The maximum absolute atomic E-state index is 12.9. The van der Waals surface area contributed by atoms with E-state index in [9.17, 15) is 16.8 Å². The van der Waals surface area contributed by atoms with Gasteiger partial charge in [0.25, 0.3) is 0 Å². The maximum atomic E-state index is 12.9. The van der Waals surface area contributed by atoms with E-state index in [0.717, 1.165) is 5.69 Å². The van der Waals surface area contributed by atoms with Crippen molar-refractivity contribution in [2.24, 2.45) is 0 Å². The Kier molecular flexibility index (Phi) is 6.46. The zero-order chi connectivity index (χ0) is 20.9. The molecule has 0 saturated carbocycles. The van der Waals surface area contributed by atoms with E-state index < -0.39 is 19.9 Å². The Morgan fingerprint density at radius 2 is 1.59 bits per heavy atom. The number of aromatic nitrogens is 1. The van der Waals surface area contributed by atoms with Gasteiger partial charge in [0, 0.05) is 24.9 Å². The van der Waals surface area contributed by atoms with Gasteiger partial charge in [-0.2, -0.15) is 0 Å². The summed E-state index contributed by atoms with van der Waals surface area (Å²) in [7, 11) is -7.69. The Morgan fingerprint density at radius 1 is 0.862 bits per heavy atom. The van der Waals surface area contributed by atoms with Crippen LogP contribution in [-0.2, 0) is 32.7 Å². The van der Waals surface area contributed by atoms with Crippen molar-refractivity contribution in [3.63, 3.8) is 0 Å². The van der Waals surface area contributed by atoms with Crippen LogP contribution in [-0.4, -0.2) is 28.4 Å². The molecule has 1 aromatic heterocycles. The first-order chi connectivity index (χ1) is 13.8. The molecule has 0 atom stereocenters. The molecule has 29 heavy (non-hydrogen) atoms. The predicted octanol–water partition coefficient (Wildman–Crippen LogP) is 3.00. The standard InChI is InChI=1S/C21H22N2O4S2/c1-2-17-11-12-20(28(24,25)19-9-4-3-5-10-19)16-21(17)29(26,27)23-15-13-18-8-6-7-14-22-18/h3-12,14,16,23H,2,13,15H2,1H3. The number of sulfonamides is 1. The summed E-state index contributed by atoms with van der Waals surface area (Å²) in [5, 5.41) is 0. The van der Waals surface area contributed by atoms with Crippen molar-refractivity contribution in [3.8, 4) is 0 Å². The summed E-state index contributed by atoms with van der Waals surface area (Å²) in [6, 6.07) is 17.7. The van der Waals surface area contributed by atoms with Crippen molar-refractivity contribution in [3.05, 3.63) is 84.2 Å². The highest BCUT2D eigenvalue weighted by Crippen LogP contribution is 2.26. The van der Waals surface area contributed by atoms with E-state index in [2.05, 4.69) is 9.71 Å². The number of hydrogen-bond donors (Lipinski definition) is 1. The third-order valence-corrected chi connectivity index (χ3v) is 7.78. The van der Waals surface area contributed by atoms with E-state index in [4.69, 9.17) is 0 Å². The molecule has 0 spiro atoms. The monoisotopic (exact) mass is 430 g/mol. The third kappa shape index (κ3) is 4.90. The van der Waals surface area contributed by atoms with Crippen LogP contribution in [0.3, 0.4) is 0 Å². The summed E-state index contributed by atoms with van der Waals surface area (Å²) >= 11 is 0. The summed E-state index contributed by atoms with van der Waals surface area (Å²) in [5.41, 5.74) is 1.33. The molecule has 152 valence electrons. The van der Waals surface area contributed by atoms with Gasteiger partial charge in [-0.1, -0.05) is 37.3 Å². The third-order valence-electron chi connectivity index (χ3n) is 4.47. The van der Waals surface area contributed by atoms with Crippen LogP contribution < -0.4 is 4.72 Å². The molecule has 0 aliphatic heterocycles. The lowest BCUT2D eigenvalue weighted by Crippen LogP contribution is -2.27. The number of benzene rings is 2. The van der Waals surface area contributed by atoms with Gasteiger partial charge in [0.15, 0.2) is 0 Å². The van der Waals surface area contributed by atoms with Crippen molar-refractivity contribution in [2.75, 3.05) is 6.54 Å². The summed E-state index contributed by atoms with van der Waals surface area (Å²) in [5.74, 6) is 0. The highest BCUT2D eigenvalue weighted by Gasteiger charge is 2.23. The highest BCUT2D eigenvalue weighted by molar-refractivity contribution is 7.91. The maximum Gasteiger partial charge on any atom is 0.240 e. The summed E-state index contributed by atoms with van der Waals surface area (Å²) in [6.07, 6.45) is 2.54. The molecule has 0 aliphatic rings. The van der Waals surface area contributed by atoms with Crippen molar-refractivity contribution in [1.82, 2.24) is 9.71 Å². The number of nitrogens with zero attached hydrogens (tertiary/aromatic N) is 1. The first kappa shape index (κ1) is 21.2. The lowest BCUT2D eigenvalue weighted by atomic mass is 10.2. The second kappa shape index (κ2) is 8.86. The first-order valence-electron chi connectivity index (χ1n) is 9.17. The van der Waals surface area contributed by atoms with Crippen molar-refractivity contribution < 1.29 is 16.8 Å². The van der Waals surface area contributed by atoms with Crippen LogP contribution in [0.15, 0.2) is 87.6 Å². The summed E-state index contributed by atoms with van der Waals surface area (Å²) in [4.78, 5) is 4.23. The molecule has 1 heterocycles. The van der Waals surface area contributed by atoms with Crippen LogP contribution in [0.25, 0.3) is 0 Å². The zero-order valence-electron chi connectivity index (χ0n) is 15.9. The fourth-order valence-electron chi connectivity index (χ4n) is 2.92. The molecule has 3 aromatic rings. The molecule has 0 unspecified atom stereocenters. The first-order valence-corrected chi connectivity index (χ1v) is 12.1. The van der Waals surface area contributed by atoms with E-state index in [1.54, 1.807) is 36.5 Å². The molecule has 1 N–H and O–H groups in total. The number of aryl methyl sites for hydroxylation is 1. The van der Waals surface area contributed by atoms with E-state index in [0.29, 0.717) is 18.4 Å². The zero-order valence-corrected chi connectivity index (χ0v) is 17.6. The van der Waals surface area contributed by atoms with Crippen LogP contribution >= 0.6 is 0 Å². The molecule has 8 heteroatoms. The molecule has 2 aromatic carbocycles. The predicted molar refractivity (Wildman–Crippen MR) is 111 cm³/mol. The molecule has 0 amide bonds. The minimum atomic E-state index is -3.88. The molecule has 0 fully saturated rings. The molecule has 0 bridgehead atoms. The second-order valence-electron chi connectivity index (χ2n) is 6.41. The van der Waals surface area contributed by atoms with Crippen molar-refractivity contribution in [1.29, 1.82) is 0 Å². The van der Waals surface area contributed by atoms with Gasteiger partial charge in [-0.15, -0.1) is 0 Å². The average molecular weight is 431 g/mol. The molecular formula is C21H22N2O4S2. The second-order valence-corrected chi connectivity index (χ2v) is 10.1. The van der Waals surface area contributed by atoms with Gasteiger partial charge >= 0.3 is 0 Å². The van der Waals surface area contributed by atoms with Gasteiger partial charge in [0.2, 0.25) is 19.9 Å². The molecule has 0 saturated heterocycles. The van der Waals surface area contributed by atoms with Gasteiger partial charge < -0.3 is 0 Å². The van der Waals surface area contributed by atoms with E-state index in [1.807, 2.05) is 19.1 Å². The van der Waals surface area contributed by atoms with Crippen molar-refractivity contribution in [2.45, 2.75) is 34.5 Å². The summed E-state index contributed by atoms with van der Waals surface area (Å²) < 4.78 is 54.1. The molecule has 3 rings (SSSR count). The number of pyridine rings is 1. The number of hydrogen-bond acceptors (Lipinski definition) is 5. The molecule has 6 nitrogen and oxygen atoms in total. The van der Waals surface area contributed by atoms with Crippen LogP contribution in [0.2, 0.25) is 0 Å². The van der Waals surface area contributed by atoms with Crippen LogP contribution in [0.5, 0.6) is 0 Å². The van der Waals surface area contributed by atoms with Gasteiger partial charge in [-0.25, -0.2) is 21.6 Å². The fraction of sp³-hybridized carbons (Fsp3) is 0.190. The Hall–Kier alpha value is -2.55. The lowest BCUT2D eigenvalue weighted by molar-refractivity contribution is 0.579. The smallest absolute Gasteiger partial charge is 0.240 e. The molecular weight excluding hydrogens is 408 g/mol. The lowest BCUT2D eigenvalue weighted by Gasteiger charge is -2.13. The largest absolute Gasteiger partial charge is 0.261 e. The topological polar surface area (TPSA) is 93.2 Å². The molecule has 0 radical (unpaired) electrons.